The molecule has 16 heteroatoms. The molecular formula is C29H44N10O6. The number of amides is 1. The lowest BCUT2D eigenvalue weighted by Gasteiger charge is -2.34. The van der Waals surface area contributed by atoms with E-state index in [9.17, 15) is 4.79 Å². The Morgan fingerprint density at radius 2 is 1.24 bits per heavy atom. The van der Waals surface area contributed by atoms with Gasteiger partial charge in [0.2, 0.25) is 17.8 Å². The summed E-state index contributed by atoms with van der Waals surface area (Å²) < 4.78 is 27.1. The minimum atomic E-state index is 0.0116. The van der Waals surface area contributed by atoms with Gasteiger partial charge in [-0.25, -0.2) is 9.97 Å². The van der Waals surface area contributed by atoms with E-state index in [0.717, 1.165) is 11.3 Å². The Morgan fingerprint density at radius 3 is 1.73 bits per heavy atom. The van der Waals surface area contributed by atoms with Crippen LogP contribution in [0.1, 0.15) is 11.3 Å². The van der Waals surface area contributed by atoms with Crippen LogP contribution in [-0.4, -0.2) is 150 Å². The molecule has 45 heavy (non-hydrogen) atoms. The van der Waals surface area contributed by atoms with Crippen LogP contribution in [0.3, 0.4) is 0 Å². The molecular weight excluding hydrogens is 584 g/mol. The van der Waals surface area contributed by atoms with Gasteiger partial charge in [0.1, 0.15) is 16.8 Å². The molecule has 0 spiro atoms. The van der Waals surface area contributed by atoms with Crippen LogP contribution in [-0.2, 0) is 36.7 Å². The molecule has 0 bridgehead atoms. The third-order valence-corrected chi connectivity index (χ3v) is 8.07. The summed E-state index contributed by atoms with van der Waals surface area (Å²) in [5.41, 5.74) is 2.18. The van der Waals surface area contributed by atoms with Crippen molar-refractivity contribution in [3.63, 3.8) is 0 Å². The van der Waals surface area contributed by atoms with Gasteiger partial charge >= 0.3 is 0 Å². The van der Waals surface area contributed by atoms with Gasteiger partial charge in [-0.3, -0.25) is 4.79 Å². The van der Waals surface area contributed by atoms with Gasteiger partial charge in [0.05, 0.1) is 39.2 Å². The van der Waals surface area contributed by atoms with Crippen molar-refractivity contribution in [3.8, 4) is 0 Å². The number of fused-ring (bicyclic) bond motifs is 2. The Labute approximate surface area is 263 Å². The molecule has 0 aliphatic carbocycles. The molecule has 0 radical (unpaired) electrons. The van der Waals surface area contributed by atoms with Crippen molar-refractivity contribution in [1.29, 1.82) is 0 Å². The van der Waals surface area contributed by atoms with Crippen LogP contribution < -0.4 is 19.6 Å². The SMILES string of the molecule is COCCN(CCOC)c1nc(N2CCc3oncc3C2)c2nc(N(CCOC)CCOC)nc(N3CCN(C)C(=O)C3)c2n1. The molecule has 2 aliphatic rings. The van der Waals surface area contributed by atoms with Gasteiger partial charge in [0.25, 0.3) is 0 Å². The van der Waals surface area contributed by atoms with Gasteiger partial charge < -0.3 is 48.0 Å². The smallest absolute Gasteiger partial charge is 0.241 e. The third kappa shape index (κ3) is 7.52. The number of piperazine rings is 1. The topological polar surface area (TPSA) is 148 Å². The highest BCUT2D eigenvalue weighted by Crippen LogP contribution is 2.35. The highest BCUT2D eigenvalue weighted by Gasteiger charge is 2.31. The molecule has 0 aromatic carbocycles. The maximum atomic E-state index is 12.9. The van der Waals surface area contributed by atoms with Crippen molar-refractivity contribution in [2.24, 2.45) is 0 Å². The van der Waals surface area contributed by atoms with Crippen LogP contribution in [0.25, 0.3) is 11.0 Å². The zero-order valence-electron chi connectivity index (χ0n) is 26.9. The summed E-state index contributed by atoms with van der Waals surface area (Å²) in [4.78, 5) is 43.4. The summed E-state index contributed by atoms with van der Waals surface area (Å²) >= 11 is 0. The van der Waals surface area contributed by atoms with Crippen LogP contribution in [0.2, 0.25) is 0 Å². The standard InChI is InChI=1S/C29H44N10O6/c1-35-8-9-39(20-23(35)40)27-25-24(31-29(34-27)37(12-16-43-4)13-17-44-5)26(38-7-6-22-21(19-38)18-30-45-22)33-28(32-25)36(10-14-41-2)11-15-42-3/h18H,6-17,19-20H2,1-5H3. The molecule has 0 N–H and O–H groups in total. The first-order chi connectivity index (χ1) is 22.0. The lowest BCUT2D eigenvalue weighted by molar-refractivity contribution is -0.129. The Morgan fingerprint density at radius 1 is 0.733 bits per heavy atom. The molecule has 16 nitrogen and oxygen atoms in total. The molecule has 1 fully saturated rings. The summed E-state index contributed by atoms with van der Waals surface area (Å²) in [5, 5.41) is 4.02. The number of carbonyl (C=O) groups is 1. The number of nitrogens with zero attached hydrogens (tertiary/aromatic N) is 10. The van der Waals surface area contributed by atoms with Crippen LogP contribution in [0.5, 0.6) is 0 Å². The molecule has 3 aromatic heterocycles. The first-order valence-electron chi connectivity index (χ1n) is 15.2. The number of methoxy groups -OCH3 is 4. The highest BCUT2D eigenvalue weighted by molar-refractivity contribution is 5.96. The van der Waals surface area contributed by atoms with Crippen LogP contribution in [0, 0.1) is 0 Å². The molecule has 1 amide bonds. The van der Waals surface area contributed by atoms with Gasteiger partial charge in [-0.15, -0.1) is 0 Å². The van der Waals surface area contributed by atoms with Crippen molar-refractivity contribution < 1.29 is 28.3 Å². The van der Waals surface area contributed by atoms with Crippen LogP contribution in [0.4, 0.5) is 23.5 Å². The number of carbonyl (C=O) groups excluding carboxylic acids is 1. The predicted molar refractivity (Wildman–Crippen MR) is 168 cm³/mol. The Balaban J connectivity index is 1.71. The lowest BCUT2D eigenvalue weighted by atomic mass is 10.1. The van der Waals surface area contributed by atoms with E-state index in [1.54, 1.807) is 39.5 Å². The van der Waals surface area contributed by atoms with Gasteiger partial charge in [0, 0.05) is 99.8 Å². The molecule has 246 valence electrons. The summed E-state index contributed by atoms with van der Waals surface area (Å²) in [7, 11) is 8.49. The lowest BCUT2D eigenvalue weighted by Crippen LogP contribution is -2.49. The number of ether oxygens (including phenoxy) is 4. The molecule has 0 atom stereocenters. The van der Waals surface area contributed by atoms with E-state index >= 15 is 0 Å². The van der Waals surface area contributed by atoms with Gasteiger partial charge in [-0.05, 0) is 0 Å². The number of aromatic nitrogens is 5. The van der Waals surface area contributed by atoms with E-state index in [2.05, 4.69) is 10.1 Å². The van der Waals surface area contributed by atoms with Crippen molar-refractivity contribution in [1.82, 2.24) is 30.0 Å². The number of likely N-dealkylation sites (N-methyl/N-ethyl adjacent to an activating group) is 1. The van der Waals surface area contributed by atoms with E-state index in [4.69, 9.17) is 43.4 Å². The van der Waals surface area contributed by atoms with Gasteiger partial charge in [0.15, 0.2) is 11.6 Å². The Kier molecular flexibility index (Phi) is 11.2. The largest absolute Gasteiger partial charge is 0.383 e. The number of hydrogen-bond donors (Lipinski definition) is 0. The zero-order valence-corrected chi connectivity index (χ0v) is 26.9. The average molecular weight is 629 g/mol. The van der Waals surface area contributed by atoms with E-state index in [0.29, 0.717) is 120 Å². The third-order valence-electron chi connectivity index (χ3n) is 8.07. The van der Waals surface area contributed by atoms with E-state index in [1.807, 2.05) is 21.7 Å². The quantitative estimate of drug-likeness (QED) is 0.216. The van der Waals surface area contributed by atoms with Crippen LogP contribution >= 0.6 is 0 Å². The fraction of sp³-hybridized carbons (Fsp3) is 0.655. The maximum Gasteiger partial charge on any atom is 0.241 e. The molecule has 0 unspecified atom stereocenters. The summed E-state index contributed by atoms with van der Waals surface area (Å²) in [6.45, 7) is 6.70. The highest BCUT2D eigenvalue weighted by atomic mass is 16.5. The van der Waals surface area contributed by atoms with Crippen molar-refractivity contribution in [3.05, 3.63) is 17.5 Å². The molecule has 3 aromatic rings. The second-order valence-corrected chi connectivity index (χ2v) is 11.0. The summed E-state index contributed by atoms with van der Waals surface area (Å²) in [6.07, 6.45) is 2.44. The number of anilines is 4. The van der Waals surface area contributed by atoms with Gasteiger partial charge in [-0.1, -0.05) is 5.16 Å². The van der Waals surface area contributed by atoms with Crippen molar-refractivity contribution in [2.45, 2.75) is 13.0 Å². The Bertz CT molecular complexity index is 1410. The molecule has 1 saturated heterocycles. The zero-order chi connectivity index (χ0) is 31.8. The second-order valence-electron chi connectivity index (χ2n) is 11.0. The summed E-state index contributed by atoms with van der Waals surface area (Å²) in [6, 6.07) is 0. The fourth-order valence-electron chi connectivity index (χ4n) is 5.38. The Hall–Kier alpha value is -3.86. The molecule has 0 saturated carbocycles. The second kappa shape index (κ2) is 15.4. The molecule has 5 heterocycles. The summed E-state index contributed by atoms with van der Waals surface area (Å²) in [5.74, 6) is 3.15. The van der Waals surface area contributed by atoms with Crippen LogP contribution in [0.15, 0.2) is 10.7 Å². The van der Waals surface area contributed by atoms with Crippen molar-refractivity contribution in [2.75, 3.05) is 134 Å². The van der Waals surface area contributed by atoms with E-state index < -0.39 is 0 Å². The van der Waals surface area contributed by atoms with Crippen molar-refractivity contribution >= 4 is 40.5 Å². The molecule has 5 rings (SSSR count). The van der Waals surface area contributed by atoms with E-state index in [1.165, 1.54) is 0 Å². The first-order valence-corrected chi connectivity index (χ1v) is 15.2. The maximum absolute atomic E-state index is 12.9. The number of hydrogen-bond acceptors (Lipinski definition) is 15. The monoisotopic (exact) mass is 628 g/mol. The number of rotatable bonds is 16. The normalized spacial score (nSPS) is 15.2. The average Bonchev–Trinajstić information content (AvgIpc) is 3.53. The molecule has 2 aliphatic heterocycles. The predicted octanol–water partition coefficient (Wildman–Crippen LogP) is 0.447. The van der Waals surface area contributed by atoms with E-state index in [-0.39, 0.29) is 12.5 Å². The minimum Gasteiger partial charge on any atom is -0.383 e. The first kappa shape index (κ1) is 32.5. The minimum absolute atomic E-state index is 0.0116. The van der Waals surface area contributed by atoms with Gasteiger partial charge in [-0.2, -0.15) is 9.97 Å². The fourth-order valence-corrected chi connectivity index (χ4v) is 5.38.